The van der Waals surface area contributed by atoms with E-state index >= 15 is 0 Å². The van der Waals surface area contributed by atoms with E-state index in [4.69, 9.17) is 4.43 Å². The molecule has 0 bridgehead atoms. The molecule has 0 N–H and O–H groups in total. The lowest BCUT2D eigenvalue weighted by molar-refractivity contribution is 0.0350. The third-order valence-corrected chi connectivity index (χ3v) is 5.65. The van der Waals surface area contributed by atoms with E-state index in [0.29, 0.717) is 12.0 Å². The zero-order valence-corrected chi connectivity index (χ0v) is 16.2. The first kappa shape index (κ1) is 17.9. The van der Waals surface area contributed by atoms with Crippen LogP contribution in [0.1, 0.15) is 38.6 Å². The normalized spacial score (nSPS) is 15.1. The van der Waals surface area contributed by atoms with Crippen molar-refractivity contribution in [2.45, 2.75) is 58.9 Å². The van der Waals surface area contributed by atoms with Crippen LogP contribution in [-0.2, 0) is 4.43 Å². The molecule has 116 valence electrons. The zero-order valence-electron chi connectivity index (χ0n) is 14.4. The Balaban J connectivity index is 2.86. The number of likely N-dealkylation sites (N-methyl/N-ethyl adjacent to an activating group) is 1. The molecule has 0 saturated carbocycles. The monoisotopic (exact) mass is 313 g/mol. The van der Waals surface area contributed by atoms with Crippen LogP contribution in [0.2, 0.25) is 19.6 Å². The van der Waals surface area contributed by atoms with E-state index in [1.165, 1.54) is 4.88 Å². The fourth-order valence-electron chi connectivity index (χ4n) is 2.30. The van der Waals surface area contributed by atoms with Crippen LogP contribution in [-0.4, -0.2) is 32.4 Å². The molecular weight excluding hydrogens is 282 g/mol. The molecule has 0 fully saturated rings. The van der Waals surface area contributed by atoms with Gasteiger partial charge in [0.25, 0.3) is 0 Å². The maximum absolute atomic E-state index is 6.16. The molecule has 0 amide bonds. The molecule has 1 heterocycles. The summed E-state index contributed by atoms with van der Waals surface area (Å²) in [7, 11) is 0.769. The van der Waals surface area contributed by atoms with E-state index < -0.39 is 8.32 Å². The van der Waals surface area contributed by atoms with Crippen LogP contribution in [0.3, 0.4) is 0 Å². The molecule has 1 atom stereocenters. The van der Waals surface area contributed by atoms with E-state index in [2.05, 4.69) is 76.8 Å². The maximum Gasteiger partial charge on any atom is 0.183 e. The first-order valence-electron chi connectivity index (χ1n) is 7.45. The molecule has 0 aliphatic carbocycles. The van der Waals surface area contributed by atoms with Gasteiger partial charge in [0.2, 0.25) is 0 Å². The Morgan fingerprint density at radius 2 is 1.90 bits per heavy atom. The van der Waals surface area contributed by atoms with Gasteiger partial charge in [-0.05, 0) is 57.9 Å². The lowest BCUT2D eigenvalue weighted by Gasteiger charge is -2.43. The first-order chi connectivity index (χ1) is 9.04. The van der Waals surface area contributed by atoms with Crippen molar-refractivity contribution < 1.29 is 4.43 Å². The van der Waals surface area contributed by atoms with Crippen LogP contribution in [0.25, 0.3) is 0 Å². The van der Waals surface area contributed by atoms with Crippen molar-refractivity contribution in [1.29, 1.82) is 0 Å². The molecule has 0 aromatic carbocycles. The van der Waals surface area contributed by atoms with Gasteiger partial charge in [-0.2, -0.15) is 0 Å². The van der Waals surface area contributed by atoms with Gasteiger partial charge >= 0.3 is 0 Å². The SMILES string of the molecule is CC(C)C(c1cccs1)N(C)C(C)(C)CO[Si](C)(C)C. The average molecular weight is 314 g/mol. The highest BCUT2D eigenvalue weighted by Crippen LogP contribution is 2.35. The van der Waals surface area contributed by atoms with Gasteiger partial charge in [0, 0.05) is 16.5 Å². The van der Waals surface area contributed by atoms with Crippen molar-refractivity contribution in [3.63, 3.8) is 0 Å². The first-order valence-corrected chi connectivity index (χ1v) is 11.7. The van der Waals surface area contributed by atoms with Gasteiger partial charge in [-0.1, -0.05) is 19.9 Å². The number of thiophene rings is 1. The third-order valence-electron chi connectivity index (χ3n) is 3.70. The third kappa shape index (κ3) is 4.99. The second kappa shape index (κ2) is 6.73. The summed E-state index contributed by atoms with van der Waals surface area (Å²) in [6.45, 7) is 16.7. The summed E-state index contributed by atoms with van der Waals surface area (Å²) in [4.78, 5) is 3.94. The fourth-order valence-corrected chi connectivity index (χ4v) is 4.12. The quantitative estimate of drug-likeness (QED) is 0.656. The number of hydrogen-bond donors (Lipinski definition) is 0. The van der Waals surface area contributed by atoms with E-state index in [0.717, 1.165) is 6.61 Å². The maximum atomic E-state index is 6.16. The highest BCUT2D eigenvalue weighted by atomic mass is 32.1. The molecule has 0 radical (unpaired) electrons. The summed E-state index contributed by atoms with van der Waals surface area (Å²) in [5, 5.41) is 2.17. The molecule has 20 heavy (non-hydrogen) atoms. The van der Waals surface area contributed by atoms with Crippen LogP contribution < -0.4 is 0 Å². The lowest BCUT2D eigenvalue weighted by atomic mass is 9.95. The van der Waals surface area contributed by atoms with Gasteiger partial charge < -0.3 is 4.43 Å². The van der Waals surface area contributed by atoms with E-state index in [9.17, 15) is 0 Å². The van der Waals surface area contributed by atoms with Crippen molar-refractivity contribution in [3.8, 4) is 0 Å². The predicted molar refractivity (Wildman–Crippen MR) is 93.0 cm³/mol. The van der Waals surface area contributed by atoms with Crippen LogP contribution in [0.5, 0.6) is 0 Å². The highest BCUT2D eigenvalue weighted by molar-refractivity contribution is 7.10. The second-order valence-electron chi connectivity index (χ2n) is 7.53. The molecule has 4 heteroatoms. The predicted octanol–water partition coefficient (Wildman–Crippen LogP) is 5.01. The van der Waals surface area contributed by atoms with Crippen LogP contribution in [0, 0.1) is 5.92 Å². The van der Waals surface area contributed by atoms with E-state index in [1.54, 1.807) is 0 Å². The Bertz CT molecular complexity index is 395. The molecular formula is C16H31NOSSi. The van der Waals surface area contributed by atoms with E-state index in [-0.39, 0.29) is 5.54 Å². The summed E-state index contributed by atoms with van der Waals surface area (Å²) < 4.78 is 6.16. The zero-order chi connectivity index (χ0) is 15.6. The minimum absolute atomic E-state index is 0.0409. The fraction of sp³-hybridized carbons (Fsp3) is 0.750. The van der Waals surface area contributed by atoms with Crippen LogP contribution in [0.4, 0.5) is 0 Å². The Labute approximate surface area is 130 Å². The number of rotatable bonds is 7. The topological polar surface area (TPSA) is 12.5 Å². The number of nitrogens with zero attached hydrogens (tertiary/aromatic N) is 1. The van der Waals surface area contributed by atoms with Crippen molar-refractivity contribution in [2.75, 3.05) is 13.7 Å². The molecule has 0 aliphatic heterocycles. The van der Waals surface area contributed by atoms with Crippen LogP contribution in [0.15, 0.2) is 17.5 Å². The lowest BCUT2D eigenvalue weighted by Crippen LogP contribution is -2.49. The second-order valence-corrected chi connectivity index (χ2v) is 13.0. The van der Waals surface area contributed by atoms with E-state index in [1.807, 2.05) is 11.3 Å². The van der Waals surface area contributed by atoms with Gasteiger partial charge in [-0.15, -0.1) is 11.3 Å². The molecule has 1 aromatic rings. The minimum atomic E-state index is -1.47. The molecule has 0 saturated heterocycles. The smallest absolute Gasteiger partial charge is 0.183 e. The van der Waals surface area contributed by atoms with Crippen LogP contribution >= 0.6 is 11.3 Å². The van der Waals surface area contributed by atoms with Crippen molar-refractivity contribution in [3.05, 3.63) is 22.4 Å². The molecule has 2 nitrogen and oxygen atoms in total. The van der Waals surface area contributed by atoms with Crippen molar-refractivity contribution in [2.24, 2.45) is 5.92 Å². The molecule has 1 unspecified atom stereocenters. The standard InChI is InChI=1S/C16H31NOSSi/c1-13(2)15(14-10-9-11-19-14)17(5)16(3,4)12-18-20(6,7)8/h9-11,13,15H,12H2,1-8H3. The molecule has 0 aliphatic rings. The van der Waals surface area contributed by atoms with Gasteiger partial charge in [0.15, 0.2) is 8.32 Å². The Kier molecular flexibility index (Phi) is 6.02. The Morgan fingerprint density at radius 1 is 1.30 bits per heavy atom. The molecule has 0 spiro atoms. The number of hydrogen-bond acceptors (Lipinski definition) is 3. The average Bonchev–Trinajstić information content (AvgIpc) is 2.79. The Hall–Kier alpha value is -0.163. The van der Waals surface area contributed by atoms with Gasteiger partial charge in [-0.3, -0.25) is 4.90 Å². The molecule has 1 aromatic heterocycles. The van der Waals surface area contributed by atoms with Crippen molar-refractivity contribution >= 4 is 19.7 Å². The summed E-state index contributed by atoms with van der Waals surface area (Å²) >= 11 is 1.85. The van der Waals surface area contributed by atoms with Gasteiger partial charge in [-0.25, -0.2) is 0 Å². The molecule has 1 rings (SSSR count). The largest absolute Gasteiger partial charge is 0.416 e. The summed E-state index contributed by atoms with van der Waals surface area (Å²) in [5.41, 5.74) is 0.0409. The summed E-state index contributed by atoms with van der Waals surface area (Å²) in [5.74, 6) is 0.588. The van der Waals surface area contributed by atoms with Gasteiger partial charge in [0.05, 0.1) is 6.61 Å². The minimum Gasteiger partial charge on any atom is -0.416 e. The summed E-state index contributed by atoms with van der Waals surface area (Å²) in [6.07, 6.45) is 0. The highest BCUT2D eigenvalue weighted by Gasteiger charge is 2.34. The van der Waals surface area contributed by atoms with Gasteiger partial charge in [0.1, 0.15) is 0 Å². The Morgan fingerprint density at radius 3 is 2.30 bits per heavy atom. The van der Waals surface area contributed by atoms with Crippen molar-refractivity contribution in [1.82, 2.24) is 4.90 Å². The summed E-state index contributed by atoms with van der Waals surface area (Å²) in [6, 6.07) is 4.85.